The van der Waals surface area contributed by atoms with Gasteiger partial charge in [0, 0.05) is 16.9 Å². The van der Waals surface area contributed by atoms with Gasteiger partial charge >= 0.3 is 6.18 Å². The zero-order chi connectivity index (χ0) is 18.5. The van der Waals surface area contributed by atoms with Crippen LogP contribution >= 0.6 is 11.3 Å². The predicted octanol–water partition coefficient (Wildman–Crippen LogP) is 5.66. The first-order valence-corrected chi connectivity index (χ1v) is 9.68. The molecule has 2 aromatic rings. The van der Waals surface area contributed by atoms with Crippen LogP contribution in [0.15, 0.2) is 34.7 Å². The monoisotopic (exact) mass is 379 g/mol. The molecule has 3 nitrogen and oxygen atoms in total. The Kier molecular flexibility index (Phi) is 4.29. The Hall–Kier alpha value is -1.89. The summed E-state index contributed by atoms with van der Waals surface area (Å²) >= 11 is 1.36. The number of aromatic nitrogens is 1. The minimum Gasteiger partial charge on any atom is -0.235 e. The normalized spacial score (nSPS) is 26.0. The molecule has 1 saturated carbocycles. The summed E-state index contributed by atoms with van der Waals surface area (Å²) in [5, 5.41) is 7.97. The van der Waals surface area contributed by atoms with Crippen LogP contribution in [0.5, 0.6) is 0 Å². The number of thiazole rings is 1. The summed E-state index contributed by atoms with van der Waals surface area (Å²) in [7, 11) is 0. The summed E-state index contributed by atoms with van der Waals surface area (Å²) in [6.07, 6.45) is -2.20. The van der Waals surface area contributed by atoms with Gasteiger partial charge in [0.05, 0.1) is 11.7 Å². The van der Waals surface area contributed by atoms with Crippen LogP contribution in [0.4, 0.5) is 18.3 Å². The molecule has 0 bridgehead atoms. The summed E-state index contributed by atoms with van der Waals surface area (Å²) < 4.78 is 40.4. The molecule has 0 unspecified atom stereocenters. The van der Waals surface area contributed by atoms with Crippen molar-refractivity contribution in [1.82, 2.24) is 4.98 Å². The number of alkyl halides is 3. The maximum absolute atomic E-state index is 13.5. The van der Waals surface area contributed by atoms with Crippen LogP contribution in [0.2, 0.25) is 0 Å². The Morgan fingerprint density at radius 2 is 1.88 bits per heavy atom. The first-order valence-electron chi connectivity index (χ1n) is 8.80. The molecule has 0 N–H and O–H groups in total. The van der Waals surface area contributed by atoms with Crippen molar-refractivity contribution in [1.29, 1.82) is 0 Å². The first kappa shape index (κ1) is 17.5. The molecule has 1 aliphatic carbocycles. The van der Waals surface area contributed by atoms with Crippen LogP contribution < -0.4 is 5.01 Å². The number of fused-ring (bicyclic) bond motifs is 1. The Labute approximate surface area is 154 Å². The highest BCUT2D eigenvalue weighted by atomic mass is 32.1. The topological polar surface area (TPSA) is 28.5 Å². The fourth-order valence-electron chi connectivity index (χ4n) is 3.89. The summed E-state index contributed by atoms with van der Waals surface area (Å²) in [6, 6.07) is 7.73. The molecular formula is C19H20F3N3S. The van der Waals surface area contributed by atoms with Crippen molar-refractivity contribution < 1.29 is 13.2 Å². The van der Waals surface area contributed by atoms with E-state index in [0.717, 1.165) is 23.2 Å². The van der Waals surface area contributed by atoms with E-state index in [1.807, 2.05) is 43.5 Å². The number of hydrogen-bond acceptors (Lipinski definition) is 4. The highest BCUT2D eigenvalue weighted by molar-refractivity contribution is 7.14. The second-order valence-corrected chi connectivity index (χ2v) is 8.14. The third-order valence-corrected chi connectivity index (χ3v) is 6.11. The van der Waals surface area contributed by atoms with E-state index in [9.17, 15) is 13.2 Å². The lowest BCUT2D eigenvalue weighted by molar-refractivity contribution is -0.0631. The van der Waals surface area contributed by atoms with Crippen molar-refractivity contribution in [2.75, 3.05) is 5.01 Å². The number of hydrogen-bond donors (Lipinski definition) is 0. The van der Waals surface area contributed by atoms with Gasteiger partial charge in [-0.1, -0.05) is 36.8 Å². The van der Waals surface area contributed by atoms with Gasteiger partial charge in [0.15, 0.2) is 0 Å². The molecular weight excluding hydrogens is 359 g/mol. The standard InChI is InChI=1S/C19H20F3N3S/c1-11-3-6-13(7-4-11)15-10-26-18(23-15)25-16-8-5-12(2)9-14(16)17(24-25)19(20,21)22/h3-4,6-7,10,12,14,16H,5,8-9H2,1-2H3/t12-,14+,16-/m0/s1. The number of nitrogens with zero attached hydrogens (tertiary/aromatic N) is 3. The highest BCUT2D eigenvalue weighted by Gasteiger charge is 2.52. The fraction of sp³-hybridized carbons (Fsp3) is 0.474. The highest BCUT2D eigenvalue weighted by Crippen LogP contribution is 2.44. The third kappa shape index (κ3) is 3.13. The van der Waals surface area contributed by atoms with Gasteiger partial charge in [-0.2, -0.15) is 18.3 Å². The Morgan fingerprint density at radius 3 is 2.58 bits per heavy atom. The molecule has 4 rings (SSSR count). The van der Waals surface area contributed by atoms with Gasteiger partial charge in [-0.25, -0.2) is 9.99 Å². The molecule has 0 saturated heterocycles. The van der Waals surface area contributed by atoms with Crippen LogP contribution in [0.25, 0.3) is 11.3 Å². The van der Waals surface area contributed by atoms with Gasteiger partial charge in [-0.15, -0.1) is 11.3 Å². The third-order valence-electron chi connectivity index (χ3n) is 5.28. The summed E-state index contributed by atoms with van der Waals surface area (Å²) in [5.41, 5.74) is 2.26. The zero-order valence-electron chi connectivity index (χ0n) is 14.6. The summed E-state index contributed by atoms with van der Waals surface area (Å²) in [5.74, 6) is -0.256. The lowest BCUT2D eigenvalue weighted by Crippen LogP contribution is -2.40. The van der Waals surface area contributed by atoms with E-state index in [2.05, 4.69) is 10.1 Å². The number of rotatable bonds is 2. The Morgan fingerprint density at radius 1 is 1.15 bits per heavy atom. The fourth-order valence-corrected chi connectivity index (χ4v) is 4.73. The molecule has 0 radical (unpaired) electrons. The van der Waals surface area contributed by atoms with E-state index < -0.39 is 17.8 Å². The lowest BCUT2D eigenvalue weighted by atomic mass is 9.77. The van der Waals surface area contributed by atoms with E-state index in [-0.39, 0.29) is 6.04 Å². The summed E-state index contributed by atoms with van der Waals surface area (Å²) in [6.45, 7) is 4.03. The van der Waals surface area contributed by atoms with E-state index in [1.54, 1.807) is 0 Å². The minimum absolute atomic E-state index is 0.236. The second kappa shape index (κ2) is 6.37. The second-order valence-electron chi connectivity index (χ2n) is 7.30. The van der Waals surface area contributed by atoms with Crippen molar-refractivity contribution >= 4 is 22.2 Å². The minimum atomic E-state index is -4.38. The Bertz CT molecular complexity index is 825. The van der Waals surface area contributed by atoms with Crippen LogP contribution in [0, 0.1) is 18.8 Å². The first-order chi connectivity index (χ1) is 12.3. The molecule has 1 fully saturated rings. The molecule has 0 amide bonds. The van der Waals surface area contributed by atoms with Crippen LogP contribution in [-0.2, 0) is 0 Å². The molecule has 0 spiro atoms. The van der Waals surface area contributed by atoms with Crippen molar-refractivity contribution in [3.8, 4) is 11.3 Å². The molecule has 1 aliphatic heterocycles. The summed E-state index contributed by atoms with van der Waals surface area (Å²) in [4.78, 5) is 4.59. The van der Waals surface area contributed by atoms with E-state index in [4.69, 9.17) is 0 Å². The van der Waals surface area contributed by atoms with E-state index >= 15 is 0 Å². The van der Waals surface area contributed by atoms with Crippen LogP contribution in [-0.4, -0.2) is 22.9 Å². The van der Waals surface area contributed by atoms with Gasteiger partial charge in [0.25, 0.3) is 0 Å². The molecule has 2 heterocycles. The van der Waals surface area contributed by atoms with Crippen molar-refractivity contribution in [3.05, 3.63) is 35.2 Å². The number of anilines is 1. The maximum Gasteiger partial charge on any atom is 0.431 e. The van der Waals surface area contributed by atoms with Gasteiger partial charge in [0.1, 0.15) is 5.71 Å². The van der Waals surface area contributed by atoms with E-state index in [0.29, 0.717) is 23.9 Å². The Balaban J connectivity index is 1.66. The van der Waals surface area contributed by atoms with Crippen molar-refractivity contribution in [3.63, 3.8) is 0 Å². The van der Waals surface area contributed by atoms with Gasteiger partial charge in [-0.3, -0.25) is 0 Å². The molecule has 2 aliphatic rings. The van der Waals surface area contributed by atoms with Crippen LogP contribution in [0.3, 0.4) is 0 Å². The van der Waals surface area contributed by atoms with E-state index in [1.165, 1.54) is 16.3 Å². The van der Waals surface area contributed by atoms with Gasteiger partial charge < -0.3 is 0 Å². The molecule has 7 heteroatoms. The van der Waals surface area contributed by atoms with Gasteiger partial charge in [-0.05, 0) is 32.1 Å². The number of hydrazone groups is 1. The SMILES string of the molecule is Cc1ccc(-c2csc(N3N=C(C(F)(F)F)[C@@H]4C[C@@H](C)CC[C@@H]43)n2)cc1. The molecule has 3 atom stereocenters. The number of benzene rings is 1. The molecule has 138 valence electrons. The van der Waals surface area contributed by atoms with Crippen molar-refractivity contribution in [2.45, 2.75) is 45.3 Å². The molecule has 1 aromatic heterocycles. The molecule has 26 heavy (non-hydrogen) atoms. The zero-order valence-corrected chi connectivity index (χ0v) is 15.4. The average Bonchev–Trinajstić information content (AvgIpc) is 3.19. The number of aryl methyl sites for hydroxylation is 1. The quantitative estimate of drug-likeness (QED) is 0.673. The van der Waals surface area contributed by atoms with Crippen molar-refractivity contribution in [2.24, 2.45) is 16.9 Å². The number of halogens is 3. The van der Waals surface area contributed by atoms with Gasteiger partial charge in [0.2, 0.25) is 5.13 Å². The maximum atomic E-state index is 13.5. The smallest absolute Gasteiger partial charge is 0.235 e. The molecule has 1 aromatic carbocycles. The largest absolute Gasteiger partial charge is 0.431 e. The van der Waals surface area contributed by atoms with Crippen LogP contribution in [0.1, 0.15) is 31.7 Å². The average molecular weight is 379 g/mol. The predicted molar refractivity (Wildman–Crippen MR) is 98.5 cm³/mol. The lowest BCUT2D eigenvalue weighted by Gasteiger charge is -2.33.